The second-order valence-corrected chi connectivity index (χ2v) is 6.46. The van der Waals surface area contributed by atoms with E-state index >= 15 is 0 Å². The van der Waals surface area contributed by atoms with E-state index in [1.54, 1.807) is 6.20 Å². The summed E-state index contributed by atoms with van der Waals surface area (Å²) in [7, 11) is 0. The molecule has 22 heavy (non-hydrogen) atoms. The Kier molecular flexibility index (Phi) is 5.08. The summed E-state index contributed by atoms with van der Waals surface area (Å²) in [6.07, 6.45) is 8.76. The van der Waals surface area contributed by atoms with Gasteiger partial charge in [-0.3, -0.25) is 9.48 Å². The Labute approximate surface area is 131 Å². The molecule has 6 nitrogen and oxygen atoms in total. The SMILES string of the molecule is CCC1OCCCC1C(=O)N1CCC(Cn2ccnn2)CC1. The van der Waals surface area contributed by atoms with E-state index in [1.165, 1.54) is 0 Å². The van der Waals surface area contributed by atoms with Gasteiger partial charge >= 0.3 is 0 Å². The molecule has 2 unspecified atom stereocenters. The highest BCUT2D eigenvalue weighted by molar-refractivity contribution is 5.79. The van der Waals surface area contributed by atoms with Crippen LogP contribution in [0.5, 0.6) is 0 Å². The van der Waals surface area contributed by atoms with E-state index in [4.69, 9.17) is 4.74 Å². The Morgan fingerprint density at radius 2 is 2.14 bits per heavy atom. The molecule has 0 bridgehead atoms. The van der Waals surface area contributed by atoms with Crippen molar-refractivity contribution in [3.8, 4) is 0 Å². The minimum absolute atomic E-state index is 0.0746. The second-order valence-electron chi connectivity index (χ2n) is 6.46. The monoisotopic (exact) mass is 306 g/mol. The fourth-order valence-electron chi connectivity index (χ4n) is 3.69. The Morgan fingerprint density at radius 3 is 2.82 bits per heavy atom. The predicted molar refractivity (Wildman–Crippen MR) is 82.1 cm³/mol. The molecule has 1 aromatic heterocycles. The number of rotatable bonds is 4. The van der Waals surface area contributed by atoms with Crippen molar-refractivity contribution < 1.29 is 9.53 Å². The van der Waals surface area contributed by atoms with Crippen molar-refractivity contribution in [1.29, 1.82) is 0 Å². The van der Waals surface area contributed by atoms with Crippen molar-refractivity contribution in [2.24, 2.45) is 11.8 Å². The van der Waals surface area contributed by atoms with Gasteiger partial charge in [0.05, 0.1) is 18.2 Å². The van der Waals surface area contributed by atoms with Gasteiger partial charge in [0.1, 0.15) is 0 Å². The van der Waals surface area contributed by atoms with Crippen molar-refractivity contribution in [2.75, 3.05) is 19.7 Å². The minimum Gasteiger partial charge on any atom is -0.377 e. The summed E-state index contributed by atoms with van der Waals surface area (Å²) in [5.74, 6) is 0.978. The van der Waals surface area contributed by atoms with E-state index in [2.05, 4.69) is 22.1 Å². The van der Waals surface area contributed by atoms with Gasteiger partial charge in [0.15, 0.2) is 0 Å². The van der Waals surface area contributed by atoms with E-state index in [-0.39, 0.29) is 12.0 Å². The number of amides is 1. The average Bonchev–Trinajstić information content (AvgIpc) is 3.08. The van der Waals surface area contributed by atoms with Crippen molar-refractivity contribution in [3.05, 3.63) is 12.4 Å². The van der Waals surface area contributed by atoms with Gasteiger partial charge in [-0.1, -0.05) is 12.1 Å². The summed E-state index contributed by atoms with van der Waals surface area (Å²) in [5.41, 5.74) is 0. The molecule has 2 aliphatic heterocycles. The highest BCUT2D eigenvalue weighted by atomic mass is 16.5. The predicted octanol–water partition coefficient (Wildman–Crippen LogP) is 1.72. The zero-order valence-electron chi connectivity index (χ0n) is 13.4. The molecule has 122 valence electrons. The first-order valence-corrected chi connectivity index (χ1v) is 8.52. The van der Waals surface area contributed by atoms with Crippen LogP contribution in [0.25, 0.3) is 0 Å². The third-order valence-electron chi connectivity index (χ3n) is 5.00. The lowest BCUT2D eigenvalue weighted by Crippen LogP contribution is -2.47. The topological polar surface area (TPSA) is 60.2 Å². The van der Waals surface area contributed by atoms with Crippen LogP contribution >= 0.6 is 0 Å². The van der Waals surface area contributed by atoms with Gasteiger partial charge in [0.25, 0.3) is 0 Å². The fourth-order valence-corrected chi connectivity index (χ4v) is 3.69. The number of nitrogens with zero attached hydrogens (tertiary/aromatic N) is 4. The number of piperidine rings is 1. The average molecular weight is 306 g/mol. The molecule has 0 aliphatic carbocycles. The van der Waals surface area contributed by atoms with Crippen LogP contribution < -0.4 is 0 Å². The normalized spacial score (nSPS) is 27.0. The molecule has 0 aromatic carbocycles. The summed E-state index contributed by atoms with van der Waals surface area (Å²) < 4.78 is 7.67. The Balaban J connectivity index is 1.51. The number of hydrogen-bond acceptors (Lipinski definition) is 4. The maximum absolute atomic E-state index is 12.8. The molecule has 1 aromatic rings. The van der Waals surface area contributed by atoms with Crippen LogP contribution in [0.3, 0.4) is 0 Å². The second kappa shape index (κ2) is 7.22. The first-order valence-electron chi connectivity index (χ1n) is 8.52. The molecule has 2 saturated heterocycles. The van der Waals surface area contributed by atoms with E-state index in [0.29, 0.717) is 11.8 Å². The van der Waals surface area contributed by atoms with Gasteiger partial charge in [0.2, 0.25) is 5.91 Å². The lowest BCUT2D eigenvalue weighted by atomic mass is 9.89. The van der Waals surface area contributed by atoms with Gasteiger partial charge in [-0.25, -0.2) is 0 Å². The third-order valence-corrected chi connectivity index (χ3v) is 5.00. The summed E-state index contributed by atoms with van der Waals surface area (Å²) in [6.45, 7) is 5.56. The number of hydrogen-bond donors (Lipinski definition) is 0. The molecule has 2 fully saturated rings. The molecule has 3 heterocycles. The van der Waals surface area contributed by atoms with Crippen LogP contribution in [0.1, 0.15) is 39.0 Å². The molecule has 0 saturated carbocycles. The Hall–Kier alpha value is -1.43. The largest absolute Gasteiger partial charge is 0.377 e. The van der Waals surface area contributed by atoms with Crippen LogP contribution in [0.15, 0.2) is 12.4 Å². The minimum atomic E-state index is 0.0746. The number of carbonyl (C=O) groups is 1. The van der Waals surface area contributed by atoms with Gasteiger partial charge in [-0.15, -0.1) is 5.10 Å². The molecular weight excluding hydrogens is 280 g/mol. The zero-order valence-corrected chi connectivity index (χ0v) is 13.4. The number of carbonyl (C=O) groups excluding carboxylic acids is 1. The standard InChI is InChI=1S/C16H26N4O2/c1-2-15-14(4-3-11-22-15)16(21)19-8-5-13(6-9-19)12-20-10-7-17-18-20/h7,10,13-15H,2-6,8-9,11-12H2,1H3. The van der Waals surface area contributed by atoms with Gasteiger partial charge in [-0.05, 0) is 38.0 Å². The maximum atomic E-state index is 12.8. The van der Waals surface area contributed by atoms with Crippen LogP contribution in [0.2, 0.25) is 0 Å². The van der Waals surface area contributed by atoms with Crippen molar-refractivity contribution in [1.82, 2.24) is 19.9 Å². The number of ether oxygens (including phenoxy) is 1. The Morgan fingerprint density at radius 1 is 1.32 bits per heavy atom. The molecular formula is C16H26N4O2. The van der Waals surface area contributed by atoms with E-state index in [1.807, 2.05) is 10.9 Å². The Bertz CT molecular complexity index is 469. The maximum Gasteiger partial charge on any atom is 0.228 e. The summed E-state index contributed by atoms with van der Waals surface area (Å²) in [4.78, 5) is 14.8. The quantitative estimate of drug-likeness (QED) is 0.850. The molecule has 2 aliphatic rings. The highest BCUT2D eigenvalue weighted by Gasteiger charge is 2.35. The van der Waals surface area contributed by atoms with Crippen LogP contribution in [-0.2, 0) is 16.1 Å². The van der Waals surface area contributed by atoms with E-state index in [0.717, 1.165) is 58.3 Å². The third kappa shape index (κ3) is 3.48. The summed E-state index contributed by atoms with van der Waals surface area (Å²) in [6, 6.07) is 0. The molecule has 0 radical (unpaired) electrons. The van der Waals surface area contributed by atoms with Crippen LogP contribution in [0.4, 0.5) is 0 Å². The van der Waals surface area contributed by atoms with E-state index in [9.17, 15) is 4.79 Å². The van der Waals surface area contributed by atoms with Gasteiger partial charge < -0.3 is 9.64 Å². The number of aromatic nitrogens is 3. The van der Waals surface area contributed by atoms with Crippen molar-refractivity contribution in [3.63, 3.8) is 0 Å². The molecule has 0 N–H and O–H groups in total. The molecule has 2 atom stereocenters. The summed E-state index contributed by atoms with van der Waals surface area (Å²) >= 11 is 0. The highest BCUT2D eigenvalue weighted by Crippen LogP contribution is 2.27. The summed E-state index contributed by atoms with van der Waals surface area (Å²) in [5, 5.41) is 7.87. The zero-order chi connectivity index (χ0) is 15.4. The smallest absolute Gasteiger partial charge is 0.228 e. The molecule has 3 rings (SSSR count). The van der Waals surface area contributed by atoms with Crippen LogP contribution in [-0.4, -0.2) is 51.6 Å². The van der Waals surface area contributed by atoms with Gasteiger partial charge in [-0.2, -0.15) is 0 Å². The van der Waals surface area contributed by atoms with E-state index < -0.39 is 0 Å². The lowest BCUT2D eigenvalue weighted by molar-refractivity contribution is -0.146. The molecule has 6 heteroatoms. The van der Waals surface area contributed by atoms with Crippen molar-refractivity contribution in [2.45, 2.75) is 51.7 Å². The fraction of sp³-hybridized carbons (Fsp3) is 0.812. The lowest BCUT2D eigenvalue weighted by Gasteiger charge is -2.37. The first kappa shape index (κ1) is 15.5. The van der Waals surface area contributed by atoms with Gasteiger partial charge in [0, 0.05) is 32.4 Å². The number of likely N-dealkylation sites (tertiary alicyclic amines) is 1. The van der Waals surface area contributed by atoms with Crippen LogP contribution in [0, 0.1) is 11.8 Å². The first-order chi connectivity index (χ1) is 10.8. The molecule has 0 spiro atoms. The molecule has 1 amide bonds. The van der Waals surface area contributed by atoms with Crippen molar-refractivity contribution >= 4 is 5.91 Å².